The highest BCUT2D eigenvalue weighted by Gasteiger charge is 1.99. The van der Waals surface area contributed by atoms with Crippen molar-refractivity contribution in [3.05, 3.63) is 51.1 Å². The third-order valence-electron chi connectivity index (χ3n) is 1.86. The second kappa shape index (κ2) is 3.79. The Morgan fingerprint density at radius 2 is 2.36 bits per heavy atom. The lowest BCUT2D eigenvalue weighted by Gasteiger charge is -2.02. The molecule has 2 rings (SSSR count). The first-order valence-corrected chi connectivity index (χ1v) is 4.88. The molecule has 0 aromatic carbocycles. The molecular formula is C9H8BrN3O. The smallest absolute Gasteiger partial charge is 0.250 e. The predicted octanol–water partition coefficient (Wildman–Crippen LogP) is 1.38. The van der Waals surface area contributed by atoms with Gasteiger partial charge in [0.2, 0.25) is 0 Å². The van der Waals surface area contributed by atoms with E-state index in [-0.39, 0.29) is 5.56 Å². The molecule has 0 saturated heterocycles. The molecule has 2 aromatic rings. The van der Waals surface area contributed by atoms with E-state index in [1.807, 2.05) is 0 Å². The van der Waals surface area contributed by atoms with E-state index in [0.717, 1.165) is 10.0 Å². The number of nitrogens with one attached hydrogen (secondary N) is 1. The molecule has 5 heteroatoms. The van der Waals surface area contributed by atoms with Crippen LogP contribution < -0.4 is 5.56 Å². The fourth-order valence-electron chi connectivity index (χ4n) is 1.19. The van der Waals surface area contributed by atoms with Gasteiger partial charge in [0.25, 0.3) is 5.56 Å². The van der Waals surface area contributed by atoms with Crippen LogP contribution in [0.15, 0.2) is 40.0 Å². The average Bonchev–Trinajstić information content (AvgIpc) is 2.64. The molecule has 0 unspecified atom stereocenters. The Hall–Kier alpha value is -1.36. The fraction of sp³-hybridized carbons (Fsp3) is 0.111. The molecule has 2 heterocycles. The van der Waals surface area contributed by atoms with Crippen LogP contribution in [0.1, 0.15) is 5.56 Å². The van der Waals surface area contributed by atoms with Gasteiger partial charge < -0.3 is 4.57 Å². The first-order chi connectivity index (χ1) is 6.75. The summed E-state index contributed by atoms with van der Waals surface area (Å²) >= 11 is 3.32. The van der Waals surface area contributed by atoms with Gasteiger partial charge in [-0.15, -0.1) is 0 Å². The lowest BCUT2D eigenvalue weighted by molar-refractivity contribution is 0.757. The van der Waals surface area contributed by atoms with Gasteiger partial charge in [0.1, 0.15) is 0 Å². The SMILES string of the molecule is O=c1ccc(Br)cn1Cc1cn[nH]c1. The Balaban J connectivity index is 2.33. The van der Waals surface area contributed by atoms with E-state index in [1.54, 1.807) is 29.2 Å². The van der Waals surface area contributed by atoms with Gasteiger partial charge >= 0.3 is 0 Å². The summed E-state index contributed by atoms with van der Waals surface area (Å²) in [5.74, 6) is 0. The lowest BCUT2D eigenvalue weighted by Crippen LogP contribution is -2.18. The van der Waals surface area contributed by atoms with Crippen LogP contribution in [0.2, 0.25) is 0 Å². The van der Waals surface area contributed by atoms with Gasteiger partial charge in [0.15, 0.2) is 0 Å². The van der Waals surface area contributed by atoms with Crippen molar-refractivity contribution in [1.29, 1.82) is 0 Å². The van der Waals surface area contributed by atoms with E-state index in [1.165, 1.54) is 6.07 Å². The lowest BCUT2D eigenvalue weighted by atomic mass is 10.3. The Morgan fingerprint density at radius 1 is 1.50 bits per heavy atom. The normalized spacial score (nSPS) is 10.4. The Bertz CT molecular complexity index is 475. The van der Waals surface area contributed by atoms with Crippen LogP contribution in [0, 0.1) is 0 Å². The van der Waals surface area contributed by atoms with Crippen molar-refractivity contribution in [3.8, 4) is 0 Å². The minimum Gasteiger partial charge on any atom is -0.310 e. The maximum atomic E-state index is 11.4. The van der Waals surface area contributed by atoms with Crippen molar-refractivity contribution >= 4 is 15.9 Å². The molecular weight excluding hydrogens is 246 g/mol. The number of aromatic nitrogens is 3. The second-order valence-electron chi connectivity index (χ2n) is 2.92. The molecule has 0 amide bonds. The molecule has 0 radical (unpaired) electrons. The number of nitrogens with zero attached hydrogens (tertiary/aromatic N) is 2. The van der Waals surface area contributed by atoms with Crippen molar-refractivity contribution < 1.29 is 0 Å². The molecule has 4 nitrogen and oxygen atoms in total. The quantitative estimate of drug-likeness (QED) is 0.880. The van der Waals surface area contributed by atoms with Gasteiger partial charge in [0, 0.05) is 28.5 Å². The molecule has 0 aliphatic rings. The van der Waals surface area contributed by atoms with Crippen molar-refractivity contribution in [3.63, 3.8) is 0 Å². The van der Waals surface area contributed by atoms with E-state index >= 15 is 0 Å². The van der Waals surface area contributed by atoms with Crippen LogP contribution in [-0.4, -0.2) is 14.8 Å². The van der Waals surface area contributed by atoms with Crippen LogP contribution in [-0.2, 0) is 6.54 Å². The van der Waals surface area contributed by atoms with E-state index in [0.29, 0.717) is 6.54 Å². The monoisotopic (exact) mass is 253 g/mol. The predicted molar refractivity (Wildman–Crippen MR) is 56.1 cm³/mol. The number of hydrogen-bond acceptors (Lipinski definition) is 2. The minimum atomic E-state index is -0.0191. The molecule has 14 heavy (non-hydrogen) atoms. The number of rotatable bonds is 2. The van der Waals surface area contributed by atoms with Crippen LogP contribution >= 0.6 is 15.9 Å². The molecule has 0 atom stereocenters. The number of aromatic amines is 1. The molecule has 0 aliphatic carbocycles. The molecule has 1 N–H and O–H groups in total. The fourth-order valence-corrected chi connectivity index (χ4v) is 1.57. The van der Waals surface area contributed by atoms with E-state index in [2.05, 4.69) is 26.1 Å². The topological polar surface area (TPSA) is 50.7 Å². The summed E-state index contributed by atoms with van der Waals surface area (Å²) < 4.78 is 2.51. The van der Waals surface area contributed by atoms with E-state index < -0.39 is 0 Å². The van der Waals surface area contributed by atoms with Crippen molar-refractivity contribution in [2.24, 2.45) is 0 Å². The number of halogens is 1. The summed E-state index contributed by atoms with van der Waals surface area (Å²) in [5, 5.41) is 6.53. The number of H-pyrrole nitrogens is 1. The molecule has 0 aliphatic heterocycles. The highest BCUT2D eigenvalue weighted by Crippen LogP contribution is 2.06. The van der Waals surface area contributed by atoms with Crippen LogP contribution in [0.25, 0.3) is 0 Å². The Morgan fingerprint density at radius 3 is 3.07 bits per heavy atom. The highest BCUT2D eigenvalue weighted by molar-refractivity contribution is 9.10. The molecule has 0 fully saturated rings. The first kappa shape index (κ1) is 9.21. The molecule has 0 spiro atoms. The molecule has 72 valence electrons. The minimum absolute atomic E-state index is 0.0191. The third kappa shape index (κ3) is 1.93. The zero-order valence-corrected chi connectivity index (χ0v) is 8.86. The summed E-state index contributed by atoms with van der Waals surface area (Å²) in [5.41, 5.74) is 0.958. The van der Waals surface area contributed by atoms with Gasteiger partial charge in [0.05, 0.1) is 12.7 Å². The summed E-state index contributed by atoms with van der Waals surface area (Å²) in [6.07, 6.45) is 5.23. The Labute approximate surface area is 88.7 Å². The maximum Gasteiger partial charge on any atom is 0.250 e. The van der Waals surface area contributed by atoms with Gasteiger partial charge in [-0.05, 0) is 22.0 Å². The molecule has 2 aromatic heterocycles. The van der Waals surface area contributed by atoms with Crippen molar-refractivity contribution in [2.75, 3.05) is 0 Å². The van der Waals surface area contributed by atoms with Crippen molar-refractivity contribution in [2.45, 2.75) is 6.54 Å². The van der Waals surface area contributed by atoms with Crippen LogP contribution in [0.4, 0.5) is 0 Å². The second-order valence-corrected chi connectivity index (χ2v) is 3.84. The third-order valence-corrected chi connectivity index (χ3v) is 2.32. The number of pyridine rings is 1. The number of hydrogen-bond donors (Lipinski definition) is 1. The van der Waals surface area contributed by atoms with Gasteiger partial charge in [-0.25, -0.2) is 0 Å². The summed E-state index contributed by atoms with van der Waals surface area (Å²) in [6, 6.07) is 3.26. The summed E-state index contributed by atoms with van der Waals surface area (Å²) in [4.78, 5) is 11.4. The standard InChI is InChI=1S/C9H8BrN3O/c10-8-1-2-9(14)13(6-8)5-7-3-11-12-4-7/h1-4,6H,5H2,(H,11,12). The Kier molecular flexibility index (Phi) is 2.49. The molecule has 0 bridgehead atoms. The average molecular weight is 254 g/mol. The van der Waals surface area contributed by atoms with Crippen LogP contribution in [0.3, 0.4) is 0 Å². The first-order valence-electron chi connectivity index (χ1n) is 4.09. The molecule has 0 saturated carbocycles. The zero-order chi connectivity index (χ0) is 9.97. The zero-order valence-electron chi connectivity index (χ0n) is 7.27. The van der Waals surface area contributed by atoms with Crippen molar-refractivity contribution in [1.82, 2.24) is 14.8 Å². The van der Waals surface area contributed by atoms with E-state index in [9.17, 15) is 4.79 Å². The highest BCUT2D eigenvalue weighted by atomic mass is 79.9. The van der Waals surface area contributed by atoms with E-state index in [4.69, 9.17) is 0 Å². The van der Waals surface area contributed by atoms with Gasteiger partial charge in [-0.1, -0.05) is 0 Å². The van der Waals surface area contributed by atoms with Crippen LogP contribution in [0.5, 0.6) is 0 Å². The largest absolute Gasteiger partial charge is 0.310 e. The summed E-state index contributed by atoms with van der Waals surface area (Å²) in [7, 11) is 0. The van der Waals surface area contributed by atoms with Gasteiger partial charge in [-0.2, -0.15) is 5.10 Å². The summed E-state index contributed by atoms with van der Waals surface area (Å²) in [6.45, 7) is 0.536. The van der Waals surface area contributed by atoms with Gasteiger partial charge in [-0.3, -0.25) is 9.89 Å². The maximum absolute atomic E-state index is 11.4.